The number of imidazole rings is 1. The van der Waals surface area contributed by atoms with Crippen LogP contribution in [0, 0.1) is 11.7 Å². The zero-order valence-electron chi connectivity index (χ0n) is 14.0. The molecule has 1 aromatic carbocycles. The van der Waals surface area contributed by atoms with Gasteiger partial charge in [0.25, 0.3) is 0 Å². The van der Waals surface area contributed by atoms with Gasteiger partial charge in [0.1, 0.15) is 17.7 Å². The van der Waals surface area contributed by atoms with Gasteiger partial charge in [0.2, 0.25) is 5.91 Å². The Morgan fingerprint density at radius 1 is 1.33 bits per heavy atom. The van der Waals surface area contributed by atoms with Crippen molar-refractivity contribution in [2.75, 3.05) is 0 Å². The minimum Gasteiger partial charge on any atom is -0.342 e. The van der Waals surface area contributed by atoms with Gasteiger partial charge >= 0.3 is 0 Å². The molecule has 1 heterocycles. The Hall–Kier alpha value is -2.17. The maximum atomic E-state index is 13.2. The summed E-state index contributed by atoms with van der Waals surface area (Å²) in [5.74, 6) is 1.17. The fraction of sp³-hybridized carbons (Fsp3) is 0.474. The first-order chi connectivity index (χ1) is 11.6. The van der Waals surface area contributed by atoms with Gasteiger partial charge in [-0.05, 0) is 30.0 Å². The number of hydrogen-bond acceptors (Lipinski definition) is 2. The topological polar surface area (TPSA) is 46.9 Å². The van der Waals surface area contributed by atoms with Crippen LogP contribution in [0.15, 0.2) is 36.7 Å². The molecule has 1 N–H and O–H groups in total. The molecular weight excluding hydrogens is 305 g/mol. The Labute approximate surface area is 142 Å². The second kappa shape index (κ2) is 7.60. The molecule has 3 rings (SSSR count). The average Bonchev–Trinajstić information content (AvgIpc) is 3.23. The molecule has 128 valence electrons. The fourth-order valence-electron chi connectivity index (χ4n) is 3.47. The summed E-state index contributed by atoms with van der Waals surface area (Å²) in [5, 5.41) is 3.08. The number of carbonyl (C=O) groups is 1. The second-order valence-corrected chi connectivity index (χ2v) is 6.64. The molecule has 1 saturated carbocycles. The Morgan fingerprint density at radius 2 is 2.04 bits per heavy atom. The summed E-state index contributed by atoms with van der Waals surface area (Å²) in [6, 6.07) is 5.87. The largest absolute Gasteiger partial charge is 0.342 e. The number of rotatable bonds is 6. The van der Waals surface area contributed by atoms with Crippen molar-refractivity contribution >= 4 is 5.91 Å². The van der Waals surface area contributed by atoms with E-state index >= 15 is 0 Å². The first kappa shape index (κ1) is 16.7. The maximum absolute atomic E-state index is 13.2. The van der Waals surface area contributed by atoms with Gasteiger partial charge in [-0.25, -0.2) is 9.37 Å². The molecular formula is C19H24FN3O. The molecule has 1 aliphatic rings. The van der Waals surface area contributed by atoms with Crippen LogP contribution in [0.3, 0.4) is 0 Å². The van der Waals surface area contributed by atoms with E-state index in [-0.39, 0.29) is 17.8 Å². The van der Waals surface area contributed by atoms with E-state index in [1.54, 1.807) is 18.3 Å². The summed E-state index contributed by atoms with van der Waals surface area (Å²) in [6.07, 6.45) is 10.1. The monoisotopic (exact) mass is 329 g/mol. The number of aryl methyl sites for hydroxylation is 1. The molecule has 0 radical (unpaired) electrons. The van der Waals surface area contributed by atoms with E-state index in [1.807, 2.05) is 17.8 Å². The second-order valence-electron chi connectivity index (χ2n) is 6.64. The Bertz CT molecular complexity index is 674. The Kier molecular flexibility index (Phi) is 5.28. The molecule has 5 heteroatoms. The lowest BCUT2D eigenvalue weighted by Gasteiger charge is -2.20. The molecule has 4 nitrogen and oxygen atoms in total. The normalized spacial score (nSPS) is 16.2. The third-order valence-electron chi connectivity index (χ3n) is 4.88. The summed E-state index contributed by atoms with van der Waals surface area (Å²) >= 11 is 0. The molecule has 1 unspecified atom stereocenters. The van der Waals surface area contributed by atoms with Gasteiger partial charge in [0.05, 0.1) is 0 Å². The number of amides is 1. The van der Waals surface area contributed by atoms with Gasteiger partial charge in [0.15, 0.2) is 0 Å². The fourth-order valence-corrected chi connectivity index (χ4v) is 3.47. The zero-order valence-corrected chi connectivity index (χ0v) is 14.0. The standard InChI is InChI=1S/C19H24FN3O/c1-23-13-12-21-19(23)18(15-7-9-16(20)10-8-15)22-17(24)11-6-14-4-2-3-5-14/h7-10,12-14,18H,2-6,11H2,1H3,(H,22,24). The van der Waals surface area contributed by atoms with E-state index in [0.717, 1.165) is 17.8 Å². The molecule has 0 spiro atoms. The van der Waals surface area contributed by atoms with Crippen molar-refractivity contribution in [1.29, 1.82) is 0 Å². The number of nitrogens with zero attached hydrogens (tertiary/aromatic N) is 2. The number of benzene rings is 1. The van der Waals surface area contributed by atoms with Crippen molar-refractivity contribution in [3.05, 3.63) is 53.9 Å². The highest BCUT2D eigenvalue weighted by molar-refractivity contribution is 5.76. The van der Waals surface area contributed by atoms with E-state index in [2.05, 4.69) is 10.3 Å². The number of hydrogen-bond donors (Lipinski definition) is 1. The van der Waals surface area contributed by atoms with Gasteiger partial charge in [-0.2, -0.15) is 0 Å². The van der Waals surface area contributed by atoms with E-state index in [1.165, 1.54) is 37.8 Å². The molecule has 1 atom stereocenters. The number of halogens is 1. The van der Waals surface area contributed by atoms with E-state index < -0.39 is 0 Å². The van der Waals surface area contributed by atoms with E-state index in [9.17, 15) is 9.18 Å². The molecule has 2 aromatic rings. The van der Waals surface area contributed by atoms with E-state index in [0.29, 0.717) is 12.3 Å². The molecule has 0 saturated heterocycles. The van der Waals surface area contributed by atoms with Gasteiger partial charge in [-0.3, -0.25) is 4.79 Å². The predicted molar refractivity (Wildman–Crippen MR) is 90.8 cm³/mol. The summed E-state index contributed by atoms with van der Waals surface area (Å²) < 4.78 is 15.1. The van der Waals surface area contributed by atoms with Crippen molar-refractivity contribution in [3.8, 4) is 0 Å². The Morgan fingerprint density at radius 3 is 2.67 bits per heavy atom. The lowest BCUT2D eigenvalue weighted by atomic mass is 10.0. The van der Waals surface area contributed by atoms with Crippen LogP contribution in [-0.4, -0.2) is 15.5 Å². The minimum absolute atomic E-state index is 0.0271. The van der Waals surface area contributed by atoms with Crippen LogP contribution in [0.1, 0.15) is 56.0 Å². The van der Waals surface area contributed by atoms with Crippen molar-refractivity contribution in [3.63, 3.8) is 0 Å². The zero-order chi connectivity index (χ0) is 16.9. The summed E-state index contributed by atoms with van der Waals surface area (Å²) in [4.78, 5) is 16.8. The van der Waals surface area contributed by atoms with Crippen LogP contribution in [0.4, 0.5) is 4.39 Å². The van der Waals surface area contributed by atoms with Gasteiger partial charge in [0, 0.05) is 25.9 Å². The van der Waals surface area contributed by atoms with Crippen LogP contribution in [0.5, 0.6) is 0 Å². The van der Waals surface area contributed by atoms with Crippen LogP contribution in [0.2, 0.25) is 0 Å². The Balaban J connectivity index is 1.71. The number of aromatic nitrogens is 2. The van der Waals surface area contributed by atoms with Crippen molar-refractivity contribution in [2.45, 2.75) is 44.6 Å². The van der Waals surface area contributed by atoms with Gasteiger partial charge in [-0.1, -0.05) is 37.8 Å². The molecule has 0 bridgehead atoms. The lowest BCUT2D eigenvalue weighted by molar-refractivity contribution is -0.121. The molecule has 1 aliphatic carbocycles. The quantitative estimate of drug-likeness (QED) is 0.877. The SMILES string of the molecule is Cn1ccnc1C(NC(=O)CCC1CCCC1)c1ccc(F)cc1. The third-order valence-corrected chi connectivity index (χ3v) is 4.88. The third kappa shape index (κ3) is 4.02. The van der Waals surface area contributed by atoms with E-state index in [4.69, 9.17) is 0 Å². The van der Waals surface area contributed by atoms with Crippen LogP contribution in [0.25, 0.3) is 0 Å². The van der Waals surface area contributed by atoms with Gasteiger partial charge < -0.3 is 9.88 Å². The maximum Gasteiger partial charge on any atom is 0.220 e. The van der Waals surface area contributed by atoms with Crippen LogP contribution >= 0.6 is 0 Å². The van der Waals surface area contributed by atoms with Crippen LogP contribution < -0.4 is 5.32 Å². The summed E-state index contributed by atoms with van der Waals surface area (Å²) in [6.45, 7) is 0. The number of nitrogens with one attached hydrogen (secondary N) is 1. The summed E-state index contributed by atoms with van der Waals surface area (Å²) in [7, 11) is 1.89. The van der Waals surface area contributed by atoms with Gasteiger partial charge in [-0.15, -0.1) is 0 Å². The molecule has 1 aromatic heterocycles. The smallest absolute Gasteiger partial charge is 0.220 e. The average molecular weight is 329 g/mol. The lowest BCUT2D eigenvalue weighted by Crippen LogP contribution is -2.31. The highest BCUT2D eigenvalue weighted by atomic mass is 19.1. The highest BCUT2D eigenvalue weighted by Crippen LogP contribution is 2.28. The minimum atomic E-state index is -0.360. The molecule has 24 heavy (non-hydrogen) atoms. The molecule has 0 aliphatic heterocycles. The highest BCUT2D eigenvalue weighted by Gasteiger charge is 2.22. The van der Waals surface area contributed by atoms with Crippen molar-refractivity contribution in [2.24, 2.45) is 13.0 Å². The van der Waals surface area contributed by atoms with Crippen molar-refractivity contribution in [1.82, 2.24) is 14.9 Å². The first-order valence-corrected chi connectivity index (χ1v) is 8.65. The predicted octanol–water partition coefficient (Wildman–Crippen LogP) is 3.74. The van der Waals surface area contributed by atoms with Crippen molar-refractivity contribution < 1.29 is 9.18 Å². The first-order valence-electron chi connectivity index (χ1n) is 8.65. The number of carbonyl (C=O) groups excluding carboxylic acids is 1. The molecule has 1 amide bonds. The summed E-state index contributed by atoms with van der Waals surface area (Å²) in [5.41, 5.74) is 0.833. The van der Waals surface area contributed by atoms with Crippen LogP contribution in [-0.2, 0) is 11.8 Å². The molecule has 1 fully saturated rings.